The first-order valence-electron chi connectivity index (χ1n) is 13.2. The number of aliphatic hydroxyl groups excluding tert-OH is 1. The number of pyridine rings is 1. The van der Waals surface area contributed by atoms with E-state index in [9.17, 15) is 9.90 Å². The smallest absolute Gasteiger partial charge is 0.223 e. The van der Waals surface area contributed by atoms with Crippen LogP contribution in [0.2, 0.25) is 0 Å². The van der Waals surface area contributed by atoms with Crippen LogP contribution in [0.5, 0.6) is 0 Å². The molecular formula is C27H30ClN7O2S. The van der Waals surface area contributed by atoms with Crippen molar-refractivity contribution < 1.29 is 9.90 Å². The van der Waals surface area contributed by atoms with Gasteiger partial charge in [0.2, 0.25) is 5.91 Å². The molecule has 1 saturated carbocycles. The predicted molar refractivity (Wildman–Crippen MR) is 147 cm³/mol. The lowest BCUT2D eigenvalue weighted by atomic mass is 9.86. The molecule has 11 heteroatoms. The molecule has 2 aliphatic carbocycles. The van der Waals surface area contributed by atoms with Crippen molar-refractivity contribution in [3.8, 4) is 0 Å². The number of anilines is 1. The fourth-order valence-corrected chi connectivity index (χ4v) is 6.60. The Morgan fingerprint density at radius 1 is 1.16 bits per heavy atom. The van der Waals surface area contributed by atoms with E-state index >= 15 is 0 Å². The van der Waals surface area contributed by atoms with Gasteiger partial charge in [0.15, 0.2) is 10.8 Å². The number of amides is 1. The standard InChI is InChI=1S/C27H30ClN7O2S/c1-2-16-9-20-22(23(16)28)25(34-27(33-20)38-19-10-21-24(31-12-19)30-8-7-29-21)35-13-15(14-35)11-32-26(37)17-3-5-18(36)6-4-17/h7-8,10,12,15,17-18,36H,2-6,9,11,13-14H2,1H3,(H,32,37). The molecule has 2 N–H and O–H groups in total. The second-order valence-corrected chi connectivity index (χ2v) is 11.7. The highest BCUT2D eigenvalue weighted by Crippen LogP contribution is 2.43. The first kappa shape index (κ1) is 25.5. The molecule has 198 valence electrons. The summed E-state index contributed by atoms with van der Waals surface area (Å²) in [5.74, 6) is 1.35. The van der Waals surface area contributed by atoms with Crippen LogP contribution >= 0.6 is 23.4 Å². The van der Waals surface area contributed by atoms with Gasteiger partial charge < -0.3 is 15.3 Å². The van der Waals surface area contributed by atoms with Crippen LogP contribution in [0.4, 0.5) is 5.82 Å². The highest BCUT2D eigenvalue weighted by molar-refractivity contribution is 7.99. The zero-order chi connectivity index (χ0) is 26.2. The molecule has 6 rings (SSSR count). The number of fused-ring (bicyclic) bond motifs is 2. The van der Waals surface area contributed by atoms with Crippen molar-refractivity contribution in [3.05, 3.63) is 41.5 Å². The molecule has 1 amide bonds. The maximum absolute atomic E-state index is 12.6. The van der Waals surface area contributed by atoms with Crippen molar-refractivity contribution in [2.24, 2.45) is 11.8 Å². The molecule has 1 aliphatic heterocycles. The second kappa shape index (κ2) is 10.7. The van der Waals surface area contributed by atoms with Gasteiger partial charge in [0, 0.05) is 61.4 Å². The highest BCUT2D eigenvalue weighted by atomic mass is 35.5. The molecule has 3 aliphatic rings. The van der Waals surface area contributed by atoms with Crippen molar-refractivity contribution >= 4 is 51.3 Å². The second-order valence-electron chi connectivity index (χ2n) is 10.3. The minimum absolute atomic E-state index is 0.0197. The Morgan fingerprint density at radius 3 is 2.74 bits per heavy atom. The average molecular weight is 552 g/mol. The molecule has 2 fully saturated rings. The fourth-order valence-electron chi connectivity index (χ4n) is 5.44. The number of hydrogen-bond acceptors (Lipinski definition) is 9. The van der Waals surface area contributed by atoms with Crippen molar-refractivity contribution in [2.75, 3.05) is 24.5 Å². The monoisotopic (exact) mass is 551 g/mol. The van der Waals surface area contributed by atoms with Gasteiger partial charge in [0.05, 0.1) is 22.4 Å². The van der Waals surface area contributed by atoms with Crippen molar-refractivity contribution in [3.63, 3.8) is 0 Å². The highest BCUT2D eigenvalue weighted by Gasteiger charge is 2.35. The lowest BCUT2D eigenvalue weighted by molar-refractivity contribution is -0.126. The van der Waals surface area contributed by atoms with Crippen LogP contribution in [-0.2, 0) is 11.2 Å². The number of allylic oxidation sites excluding steroid dienone is 1. The zero-order valence-electron chi connectivity index (χ0n) is 21.2. The molecule has 0 unspecified atom stereocenters. The third kappa shape index (κ3) is 5.09. The molecule has 38 heavy (non-hydrogen) atoms. The van der Waals surface area contributed by atoms with E-state index in [0.29, 0.717) is 36.1 Å². The van der Waals surface area contributed by atoms with Gasteiger partial charge in [-0.2, -0.15) is 0 Å². The molecule has 3 aromatic heterocycles. The van der Waals surface area contributed by atoms with Gasteiger partial charge >= 0.3 is 0 Å². The van der Waals surface area contributed by atoms with Crippen molar-refractivity contribution in [2.45, 2.75) is 61.6 Å². The van der Waals surface area contributed by atoms with Gasteiger partial charge in [-0.1, -0.05) is 18.5 Å². The van der Waals surface area contributed by atoms with Crippen LogP contribution < -0.4 is 10.2 Å². The summed E-state index contributed by atoms with van der Waals surface area (Å²) in [4.78, 5) is 38.6. The Kier molecular flexibility index (Phi) is 7.20. The van der Waals surface area contributed by atoms with Gasteiger partial charge in [-0.05, 0) is 55.5 Å². The number of aliphatic hydroxyl groups is 1. The van der Waals surface area contributed by atoms with Gasteiger partial charge in [0.25, 0.3) is 0 Å². The Bertz CT molecular complexity index is 1400. The van der Waals surface area contributed by atoms with Crippen LogP contribution in [0.25, 0.3) is 16.2 Å². The fraction of sp³-hybridized carbons (Fsp3) is 0.481. The largest absolute Gasteiger partial charge is 0.393 e. The average Bonchev–Trinajstić information content (AvgIpc) is 3.23. The first-order chi connectivity index (χ1) is 18.5. The molecule has 4 heterocycles. The normalized spacial score (nSPS) is 21.5. The number of nitrogens with zero attached hydrogens (tertiary/aromatic N) is 6. The van der Waals surface area contributed by atoms with E-state index < -0.39 is 0 Å². The Balaban J connectivity index is 1.16. The van der Waals surface area contributed by atoms with E-state index in [1.165, 1.54) is 17.3 Å². The van der Waals surface area contributed by atoms with Gasteiger partial charge in [0.1, 0.15) is 11.3 Å². The van der Waals surface area contributed by atoms with Crippen LogP contribution in [0.15, 0.2) is 40.3 Å². The predicted octanol–water partition coefficient (Wildman–Crippen LogP) is 3.99. The van der Waals surface area contributed by atoms with E-state index in [1.54, 1.807) is 18.6 Å². The van der Waals surface area contributed by atoms with E-state index in [1.807, 2.05) is 6.07 Å². The lowest BCUT2D eigenvalue weighted by Gasteiger charge is -2.41. The number of aromatic nitrogens is 5. The SMILES string of the molecule is CCC1=C(Cl)c2c(nc(Sc3cnc4nccnc4c3)nc2N2CC(CNC(=O)C3CCC(O)CC3)C2)C1. The van der Waals surface area contributed by atoms with Gasteiger partial charge in [-0.3, -0.25) is 9.78 Å². The van der Waals surface area contributed by atoms with E-state index in [4.69, 9.17) is 21.6 Å². The van der Waals surface area contributed by atoms with Crippen LogP contribution in [-0.4, -0.2) is 61.7 Å². The molecule has 0 atom stereocenters. The molecule has 3 aromatic rings. The number of carbonyl (C=O) groups excluding carboxylic acids is 1. The van der Waals surface area contributed by atoms with Crippen molar-refractivity contribution in [1.82, 2.24) is 30.2 Å². The molecule has 0 spiro atoms. The topological polar surface area (TPSA) is 117 Å². The number of carbonyl (C=O) groups is 1. The summed E-state index contributed by atoms with van der Waals surface area (Å²) >= 11 is 8.28. The Morgan fingerprint density at radius 2 is 1.95 bits per heavy atom. The van der Waals surface area contributed by atoms with Gasteiger partial charge in [-0.15, -0.1) is 0 Å². The first-order valence-corrected chi connectivity index (χ1v) is 14.4. The summed E-state index contributed by atoms with van der Waals surface area (Å²) in [6.45, 7) is 4.37. The number of nitrogens with one attached hydrogen (secondary N) is 1. The van der Waals surface area contributed by atoms with Crippen LogP contribution in [0.1, 0.15) is 50.3 Å². The molecule has 9 nitrogen and oxygen atoms in total. The Labute approximate surface area is 230 Å². The summed E-state index contributed by atoms with van der Waals surface area (Å²) < 4.78 is 0. The van der Waals surface area contributed by atoms with Gasteiger partial charge in [-0.25, -0.2) is 19.9 Å². The van der Waals surface area contributed by atoms with E-state index in [-0.39, 0.29) is 17.9 Å². The molecule has 0 aromatic carbocycles. The quantitative estimate of drug-likeness (QED) is 0.420. The van der Waals surface area contributed by atoms with E-state index in [2.05, 4.69) is 32.1 Å². The number of hydrogen-bond donors (Lipinski definition) is 2. The summed E-state index contributed by atoms with van der Waals surface area (Å²) in [7, 11) is 0. The third-order valence-corrected chi connectivity index (χ3v) is 8.96. The zero-order valence-corrected chi connectivity index (χ0v) is 22.8. The molecule has 0 radical (unpaired) electrons. The number of halogens is 1. The summed E-state index contributed by atoms with van der Waals surface area (Å²) in [5, 5.41) is 14.3. The number of rotatable bonds is 7. The minimum Gasteiger partial charge on any atom is -0.393 e. The molecule has 1 saturated heterocycles. The lowest BCUT2D eigenvalue weighted by Crippen LogP contribution is -2.52. The Hall–Kier alpha value is -2.82. The van der Waals surface area contributed by atoms with Crippen LogP contribution in [0, 0.1) is 11.8 Å². The maximum Gasteiger partial charge on any atom is 0.223 e. The van der Waals surface area contributed by atoms with Crippen molar-refractivity contribution in [1.29, 1.82) is 0 Å². The molecular weight excluding hydrogens is 522 g/mol. The minimum atomic E-state index is -0.253. The molecule has 0 bridgehead atoms. The maximum atomic E-state index is 12.6. The summed E-state index contributed by atoms with van der Waals surface area (Å²) in [5.41, 5.74) is 4.43. The van der Waals surface area contributed by atoms with E-state index in [0.717, 1.165) is 71.3 Å². The summed E-state index contributed by atoms with van der Waals surface area (Å²) in [6.07, 6.45) is 9.37. The third-order valence-electron chi connectivity index (χ3n) is 7.68. The van der Waals surface area contributed by atoms with Crippen LogP contribution in [0.3, 0.4) is 0 Å². The summed E-state index contributed by atoms with van der Waals surface area (Å²) in [6, 6.07) is 1.95.